The van der Waals surface area contributed by atoms with Crippen molar-refractivity contribution in [1.82, 2.24) is 25.3 Å². The molecular formula is C17H13N5O2. The van der Waals surface area contributed by atoms with Crippen LogP contribution in [0.4, 0.5) is 0 Å². The first-order valence-electron chi connectivity index (χ1n) is 7.36. The third kappa shape index (κ3) is 2.80. The number of hydrogen-bond acceptors (Lipinski definition) is 6. The monoisotopic (exact) mass is 319 g/mol. The van der Waals surface area contributed by atoms with Gasteiger partial charge in [-0.15, -0.1) is 14.8 Å². The van der Waals surface area contributed by atoms with E-state index in [0.29, 0.717) is 17.3 Å². The molecule has 4 aromatic rings. The molecule has 2 heterocycles. The normalized spacial score (nSPS) is 12.2. The fourth-order valence-corrected chi connectivity index (χ4v) is 2.35. The van der Waals surface area contributed by atoms with Crippen LogP contribution in [0.5, 0.6) is 11.6 Å². The average Bonchev–Trinajstić information content (AvgIpc) is 3.10. The molecule has 0 aliphatic heterocycles. The number of nitrogens with zero attached hydrogens (tertiary/aromatic N) is 5. The van der Waals surface area contributed by atoms with Gasteiger partial charge in [-0.25, -0.2) is 0 Å². The molecule has 0 radical (unpaired) electrons. The average molecular weight is 319 g/mol. The van der Waals surface area contributed by atoms with Crippen LogP contribution in [0.1, 0.15) is 17.2 Å². The van der Waals surface area contributed by atoms with E-state index in [1.54, 1.807) is 24.3 Å². The van der Waals surface area contributed by atoms with Gasteiger partial charge in [-0.1, -0.05) is 42.5 Å². The van der Waals surface area contributed by atoms with Crippen molar-refractivity contribution in [3.8, 4) is 11.6 Å². The van der Waals surface area contributed by atoms with Crippen molar-refractivity contribution >= 4 is 5.65 Å². The minimum absolute atomic E-state index is 0.381. The van der Waals surface area contributed by atoms with Crippen molar-refractivity contribution in [1.29, 1.82) is 0 Å². The zero-order valence-electron chi connectivity index (χ0n) is 12.5. The predicted molar refractivity (Wildman–Crippen MR) is 85.6 cm³/mol. The van der Waals surface area contributed by atoms with Gasteiger partial charge in [0.25, 0.3) is 0 Å². The zero-order chi connectivity index (χ0) is 16.4. The second-order valence-corrected chi connectivity index (χ2v) is 5.18. The lowest BCUT2D eigenvalue weighted by Crippen LogP contribution is -2.00. The molecule has 0 aliphatic rings. The Labute approximate surface area is 137 Å². The van der Waals surface area contributed by atoms with Gasteiger partial charge in [-0.3, -0.25) is 0 Å². The molecule has 0 fully saturated rings. The molecule has 118 valence electrons. The number of rotatable bonds is 4. The van der Waals surface area contributed by atoms with Crippen LogP contribution in [0.2, 0.25) is 0 Å². The summed E-state index contributed by atoms with van der Waals surface area (Å²) < 4.78 is 6.98. The van der Waals surface area contributed by atoms with Gasteiger partial charge in [-0.2, -0.15) is 0 Å². The maximum absolute atomic E-state index is 10.4. The molecule has 7 heteroatoms. The summed E-state index contributed by atoms with van der Waals surface area (Å²) >= 11 is 0. The smallest absolute Gasteiger partial charge is 0.239 e. The molecule has 2 aromatic carbocycles. The first-order chi connectivity index (χ1) is 11.8. The van der Waals surface area contributed by atoms with E-state index in [2.05, 4.69) is 20.6 Å². The van der Waals surface area contributed by atoms with Crippen molar-refractivity contribution in [2.45, 2.75) is 6.10 Å². The van der Waals surface area contributed by atoms with Crippen LogP contribution >= 0.6 is 0 Å². The van der Waals surface area contributed by atoms with E-state index in [-0.39, 0.29) is 0 Å². The number of hydrogen-bond donors (Lipinski definition) is 1. The lowest BCUT2D eigenvalue weighted by Gasteiger charge is -2.12. The fourth-order valence-electron chi connectivity index (χ4n) is 2.35. The Balaban J connectivity index is 1.53. The predicted octanol–water partition coefficient (Wildman–Crippen LogP) is 2.39. The molecule has 4 rings (SSSR count). The van der Waals surface area contributed by atoms with Gasteiger partial charge in [0.2, 0.25) is 5.88 Å². The minimum atomic E-state index is -0.670. The summed E-state index contributed by atoms with van der Waals surface area (Å²) in [6.45, 7) is 0. The van der Waals surface area contributed by atoms with Gasteiger partial charge in [0.1, 0.15) is 11.9 Å². The summed E-state index contributed by atoms with van der Waals surface area (Å²) in [5, 5.41) is 25.6. The number of fused-ring (bicyclic) bond motifs is 1. The van der Waals surface area contributed by atoms with Crippen LogP contribution in [0, 0.1) is 0 Å². The van der Waals surface area contributed by atoms with Crippen molar-refractivity contribution in [2.75, 3.05) is 0 Å². The van der Waals surface area contributed by atoms with E-state index in [1.807, 2.05) is 42.5 Å². The number of ether oxygens (including phenoxy) is 1. The first-order valence-corrected chi connectivity index (χ1v) is 7.36. The maximum Gasteiger partial charge on any atom is 0.239 e. The Morgan fingerprint density at radius 3 is 2.42 bits per heavy atom. The molecule has 0 bridgehead atoms. The van der Waals surface area contributed by atoms with Crippen LogP contribution in [-0.2, 0) is 0 Å². The van der Waals surface area contributed by atoms with Gasteiger partial charge in [0.05, 0.1) is 0 Å². The SMILES string of the molecule is OC(c1ccccc1)c1ccc(Oc2ccc3nnnn3n2)cc1. The van der Waals surface area contributed by atoms with Crippen LogP contribution in [0.15, 0.2) is 66.7 Å². The molecule has 0 spiro atoms. The topological polar surface area (TPSA) is 85.4 Å². The summed E-state index contributed by atoms with van der Waals surface area (Å²) in [6.07, 6.45) is -0.670. The number of aliphatic hydroxyl groups is 1. The Hall–Kier alpha value is -3.32. The summed E-state index contributed by atoms with van der Waals surface area (Å²) in [4.78, 5) is 0. The van der Waals surface area contributed by atoms with Crippen molar-refractivity contribution < 1.29 is 9.84 Å². The standard InChI is InChI=1S/C17H13N5O2/c23-17(12-4-2-1-3-5-12)13-6-8-14(9-7-13)24-16-11-10-15-18-20-21-22(15)19-16/h1-11,17,23H. The molecule has 0 saturated heterocycles. The Morgan fingerprint density at radius 2 is 1.62 bits per heavy atom. The van der Waals surface area contributed by atoms with E-state index in [9.17, 15) is 5.11 Å². The summed E-state index contributed by atoms with van der Waals surface area (Å²) in [6, 6.07) is 20.1. The first kappa shape index (κ1) is 14.3. The molecule has 1 N–H and O–H groups in total. The Kier molecular flexibility index (Phi) is 3.60. The molecule has 1 atom stereocenters. The third-order valence-electron chi connectivity index (χ3n) is 3.58. The second kappa shape index (κ2) is 6.05. The summed E-state index contributed by atoms with van der Waals surface area (Å²) in [7, 11) is 0. The minimum Gasteiger partial charge on any atom is -0.438 e. The van der Waals surface area contributed by atoms with E-state index in [4.69, 9.17) is 4.74 Å². The van der Waals surface area contributed by atoms with E-state index in [1.165, 1.54) is 4.63 Å². The molecule has 7 nitrogen and oxygen atoms in total. The summed E-state index contributed by atoms with van der Waals surface area (Å²) in [5.41, 5.74) is 2.18. The van der Waals surface area contributed by atoms with Gasteiger partial charge in [0, 0.05) is 6.07 Å². The van der Waals surface area contributed by atoms with Crippen molar-refractivity contribution in [3.05, 3.63) is 77.9 Å². The van der Waals surface area contributed by atoms with Crippen molar-refractivity contribution in [3.63, 3.8) is 0 Å². The van der Waals surface area contributed by atoms with Gasteiger partial charge in [-0.05, 0) is 39.8 Å². The zero-order valence-corrected chi connectivity index (χ0v) is 12.5. The summed E-state index contributed by atoms with van der Waals surface area (Å²) in [5.74, 6) is 0.991. The highest BCUT2D eigenvalue weighted by Crippen LogP contribution is 2.25. The molecular weight excluding hydrogens is 306 g/mol. The van der Waals surface area contributed by atoms with Gasteiger partial charge < -0.3 is 9.84 Å². The number of tetrazole rings is 1. The third-order valence-corrected chi connectivity index (χ3v) is 3.58. The fraction of sp³-hybridized carbons (Fsp3) is 0.0588. The molecule has 0 amide bonds. The Morgan fingerprint density at radius 1 is 0.875 bits per heavy atom. The van der Waals surface area contributed by atoms with Crippen LogP contribution in [0.25, 0.3) is 5.65 Å². The lowest BCUT2D eigenvalue weighted by molar-refractivity contribution is 0.220. The lowest BCUT2D eigenvalue weighted by atomic mass is 10.0. The van der Waals surface area contributed by atoms with Crippen LogP contribution in [-0.4, -0.2) is 30.4 Å². The van der Waals surface area contributed by atoms with E-state index >= 15 is 0 Å². The molecule has 0 saturated carbocycles. The molecule has 1 unspecified atom stereocenters. The second-order valence-electron chi connectivity index (χ2n) is 5.18. The largest absolute Gasteiger partial charge is 0.438 e. The van der Waals surface area contributed by atoms with Crippen molar-refractivity contribution in [2.24, 2.45) is 0 Å². The van der Waals surface area contributed by atoms with E-state index in [0.717, 1.165) is 11.1 Å². The molecule has 0 aliphatic carbocycles. The van der Waals surface area contributed by atoms with Gasteiger partial charge in [0.15, 0.2) is 5.65 Å². The highest BCUT2D eigenvalue weighted by atomic mass is 16.5. The van der Waals surface area contributed by atoms with Gasteiger partial charge >= 0.3 is 0 Å². The number of aromatic nitrogens is 5. The molecule has 2 aromatic heterocycles. The van der Waals surface area contributed by atoms with Crippen LogP contribution < -0.4 is 4.74 Å². The highest BCUT2D eigenvalue weighted by Gasteiger charge is 2.10. The van der Waals surface area contributed by atoms with Crippen LogP contribution in [0.3, 0.4) is 0 Å². The van der Waals surface area contributed by atoms with E-state index < -0.39 is 6.10 Å². The number of aliphatic hydroxyl groups excluding tert-OH is 1. The Bertz CT molecular complexity index is 954. The number of benzene rings is 2. The molecule has 24 heavy (non-hydrogen) atoms. The highest BCUT2D eigenvalue weighted by molar-refractivity contribution is 5.37. The quantitative estimate of drug-likeness (QED) is 0.621. The maximum atomic E-state index is 10.4.